The van der Waals surface area contributed by atoms with E-state index in [0.29, 0.717) is 5.56 Å². The van der Waals surface area contributed by atoms with Gasteiger partial charge in [0.15, 0.2) is 0 Å². The lowest BCUT2D eigenvalue weighted by Crippen LogP contribution is -2.29. The molecule has 0 heterocycles. The van der Waals surface area contributed by atoms with Crippen LogP contribution in [0, 0.1) is 0 Å². The molecule has 0 spiro atoms. The fraction of sp³-hybridized carbons (Fsp3) is 0.400. The summed E-state index contributed by atoms with van der Waals surface area (Å²) in [6.07, 6.45) is -0.229. The highest BCUT2D eigenvalue weighted by Gasteiger charge is 2.22. The van der Waals surface area contributed by atoms with Crippen LogP contribution in [0.3, 0.4) is 0 Å². The maximum atomic E-state index is 11.2. The van der Waals surface area contributed by atoms with Gasteiger partial charge < -0.3 is 25.7 Å². The molecule has 1 rings (SSSR count). The quantitative estimate of drug-likeness (QED) is 0.477. The first-order chi connectivity index (χ1) is 10.7. The van der Waals surface area contributed by atoms with Crippen molar-refractivity contribution in [2.45, 2.75) is 25.4 Å². The Kier molecular flexibility index (Phi) is 9.21. The van der Waals surface area contributed by atoms with Gasteiger partial charge in [-0.3, -0.25) is 14.4 Å². The molecule has 0 aromatic heterocycles. The summed E-state index contributed by atoms with van der Waals surface area (Å²) in [4.78, 5) is 31.3. The van der Waals surface area contributed by atoms with Crippen LogP contribution in [0.2, 0.25) is 0 Å². The molecular weight excluding hydrogens is 306 g/mol. The summed E-state index contributed by atoms with van der Waals surface area (Å²) in [6, 6.07) is 8.47. The van der Waals surface area contributed by atoms with E-state index in [-0.39, 0.29) is 31.9 Å². The lowest BCUT2D eigenvalue weighted by atomic mass is 9.99. The van der Waals surface area contributed by atoms with Gasteiger partial charge in [0.1, 0.15) is 6.54 Å². The van der Waals surface area contributed by atoms with Crippen molar-refractivity contribution >= 4 is 17.8 Å². The predicted molar refractivity (Wildman–Crippen MR) is 81.0 cm³/mol. The summed E-state index contributed by atoms with van der Waals surface area (Å²) >= 11 is 0. The van der Waals surface area contributed by atoms with Gasteiger partial charge in [0, 0.05) is 12.2 Å². The van der Waals surface area contributed by atoms with E-state index in [4.69, 9.17) is 20.4 Å². The second-order valence-corrected chi connectivity index (χ2v) is 4.98. The van der Waals surface area contributed by atoms with Crippen molar-refractivity contribution in [2.24, 2.45) is 0 Å². The topological polar surface area (TPSA) is 144 Å². The molecule has 1 amide bonds. The molecule has 8 heteroatoms. The predicted octanol–water partition coefficient (Wildman–Crippen LogP) is 0.0955. The molecule has 0 bridgehead atoms. The molecule has 0 aliphatic heterocycles. The summed E-state index contributed by atoms with van der Waals surface area (Å²) in [5.74, 6) is -2.48. The molecule has 8 nitrogen and oxygen atoms in total. The minimum absolute atomic E-state index is 0.0965. The Morgan fingerprint density at radius 1 is 1.09 bits per heavy atom. The van der Waals surface area contributed by atoms with Gasteiger partial charge >= 0.3 is 11.9 Å². The molecule has 0 saturated heterocycles. The van der Waals surface area contributed by atoms with E-state index in [1.165, 1.54) is 6.92 Å². The SMILES string of the molecule is CC(O)(CCO)CC(=O)O.O=C(O)CNC(=O)c1ccccc1. The third-order valence-corrected chi connectivity index (χ3v) is 2.62. The van der Waals surface area contributed by atoms with Crippen LogP contribution in [0.15, 0.2) is 30.3 Å². The molecular formula is C15H21NO7. The highest BCUT2D eigenvalue weighted by Crippen LogP contribution is 2.12. The van der Waals surface area contributed by atoms with Crippen LogP contribution in [0.1, 0.15) is 30.1 Å². The Morgan fingerprint density at radius 2 is 1.65 bits per heavy atom. The van der Waals surface area contributed by atoms with E-state index >= 15 is 0 Å². The van der Waals surface area contributed by atoms with Gasteiger partial charge in [0.25, 0.3) is 5.91 Å². The zero-order chi connectivity index (χ0) is 17.9. The largest absolute Gasteiger partial charge is 0.481 e. The fourth-order valence-electron chi connectivity index (χ4n) is 1.50. The Balaban J connectivity index is 0.000000438. The number of carboxylic acids is 2. The maximum absolute atomic E-state index is 11.2. The number of hydrogen-bond donors (Lipinski definition) is 5. The Labute approximate surface area is 133 Å². The highest BCUT2D eigenvalue weighted by atomic mass is 16.4. The van der Waals surface area contributed by atoms with Gasteiger partial charge in [-0.05, 0) is 25.5 Å². The first-order valence-electron chi connectivity index (χ1n) is 6.78. The number of aliphatic hydroxyl groups excluding tert-OH is 1. The number of carbonyl (C=O) groups is 3. The summed E-state index contributed by atoms with van der Waals surface area (Å²) < 4.78 is 0. The van der Waals surface area contributed by atoms with Gasteiger partial charge in [-0.2, -0.15) is 0 Å². The molecule has 5 N–H and O–H groups in total. The lowest BCUT2D eigenvalue weighted by Gasteiger charge is -2.18. The molecule has 1 unspecified atom stereocenters. The van der Waals surface area contributed by atoms with Gasteiger partial charge in [-0.1, -0.05) is 18.2 Å². The molecule has 128 valence electrons. The zero-order valence-corrected chi connectivity index (χ0v) is 12.7. The van der Waals surface area contributed by atoms with Gasteiger partial charge in [-0.25, -0.2) is 0 Å². The van der Waals surface area contributed by atoms with E-state index < -0.39 is 17.5 Å². The van der Waals surface area contributed by atoms with Crippen LogP contribution in [0.25, 0.3) is 0 Å². The van der Waals surface area contributed by atoms with E-state index in [1.807, 2.05) is 0 Å². The molecule has 0 radical (unpaired) electrons. The second-order valence-electron chi connectivity index (χ2n) is 4.98. The van der Waals surface area contributed by atoms with Crippen LogP contribution >= 0.6 is 0 Å². The van der Waals surface area contributed by atoms with Gasteiger partial charge in [-0.15, -0.1) is 0 Å². The van der Waals surface area contributed by atoms with Crippen LogP contribution in [0.5, 0.6) is 0 Å². The molecule has 1 aromatic rings. The second kappa shape index (κ2) is 10.3. The number of carboxylic acid groups (broad SMARTS) is 2. The molecule has 0 saturated carbocycles. The van der Waals surface area contributed by atoms with Crippen LogP contribution in [-0.4, -0.2) is 57.0 Å². The van der Waals surface area contributed by atoms with E-state index in [2.05, 4.69) is 5.32 Å². The number of carbonyl (C=O) groups excluding carboxylic acids is 1. The minimum atomic E-state index is -1.28. The standard InChI is InChI=1S/C9H9NO3.C6H12O4/c11-8(12)6-10-9(13)7-4-2-1-3-5-7;1-6(10,2-3-7)4-5(8)9/h1-5H,6H2,(H,10,13)(H,11,12);7,10H,2-4H2,1H3,(H,8,9). The number of benzene rings is 1. The van der Waals surface area contributed by atoms with Crippen molar-refractivity contribution in [3.63, 3.8) is 0 Å². The fourth-order valence-corrected chi connectivity index (χ4v) is 1.50. The van der Waals surface area contributed by atoms with E-state index in [9.17, 15) is 14.4 Å². The van der Waals surface area contributed by atoms with Crippen LogP contribution in [0.4, 0.5) is 0 Å². The number of aliphatic hydroxyl groups is 2. The number of aliphatic carboxylic acids is 2. The van der Waals surface area contributed by atoms with Crippen LogP contribution < -0.4 is 5.32 Å². The summed E-state index contributed by atoms with van der Waals surface area (Å²) in [5.41, 5.74) is -0.815. The molecule has 1 atom stereocenters. The smallest absolute Gasteiger partial charge is 0.322 e. The Hall–Kier alpha value is -2.45. The average molecular weight is 327 g/mol. The number of hydrogen-bond acceptors (Lipinski definition) is 5. The molecule has 1 aromatic carbocycles. The Morgan fingerprint density at radius 3 is 2.09 bits per heavy atom. The molecule has 0 aliphatic carbocycles. The molecule has 0 fully saturated rings. The Bertz CT molecular complexity index is 514. The number of nitrogens with one attached hydrogen (secondary N) is 1. The first-order valence-corrected chi connectivity index (χ1v) is 6.78. The van der Waals surface area contributed by atoms with Crippen molar-refractivity contribution in [1.29, 1.82) is 0 Å². The normalized spacial score (nSPS) is 12.3. The average Bonchev–Trinajstić information content (AvgIpc) is 2.44. The number of amides is 1. The third kappa shape index (κ3) is 10.9. The summed E-state index contributed by atoms with van der Waals surface area (Å²) in [6.45, 7) is 0.839. The zero-order valence-electron chi connectivity index (χ0n) is 12.7. The van der Waals surface area contributed by atoms with Crippen molar-refractivity contribution in [3.05, 3.63) is 35.9 Å². The van der Waals surface area contributed by atoms with Crippen molar-refractivity contribution in [2.75, 3.05) is 13.2 Å². The highest BCUT2D eigenvalue weighted by molar-refractivity contribution is 5.95. The molecule has 23 heavy (non-hydrogen) atoms. The van der Waals surface area contributed by atoms with E-state index in [1.54, 1.807) is 30.3 Å². The monoisotopic (exact) mass is 327 g/mol. The first kappa shape index (κ1) is 20.6. The molecule has 0 aliphatic rings. The van der Waals surface area contributed by atoms with Crippen molar-refractivity contribution in [1.82, 2.24) is 5.32 Å². The maximum Gasteiger partial charge on any atom is 0.322 e. The van der Waals surface area contributed by atoms with Crippen molar-refractivity contribution in [3.8, 4) is 0 Å². The van der Waals surface area contributed by atoms with E-state index in [0.717, 1.165) is 0 Å². The summed E-state index contributed by atoms with van der Waals surface area (Å²) in [5, 5.41) is 36.3. The van der Waals surface area contributed by atoms with Gasteiger partial charge in [0.05, 0.1) is 12.0 Å². The lowest BCUT2D eigenvalue weighted by molar-refractivity contribution is -0.142. The number of rotatable bonds is 7. The van der Waals surface area contributed by atoms with Crippen molar-refractivity contribution < 1.29 is 34.8 Å². The summed E-state index contributed by atoms with van der Waals surface area (Å²) in [7, 11) is 0. The third-order valence-electron chi connectivity index (χ3n) is 2.62. The van der Waals surface area contributed by atoms with Crippen LogP contribution in [-0.2, 0) is 9.59 Å². The minimum Gasteiger partial charge on any atom is -0.481 e. The van der Waals surface area contributed by atoms with Gasteiger partial charge in [0.2, 0.25) is 0 Å².